The number of halogens is 4. The zero-order valence-electron chi connectivity index (χ0n) is 15.6. The van der Waals surface area contributed by atoms with Crippen LogP contribution >= 0.6 is 24.0 Å². The van der Waals surface area contributed by atoms with Gasteiger partial charge in [0.05, 0.1) is 13.1 Å². The van der Waals surface area contributed by atoms with Gasteiger partial charge < -0.3 is 15.4 Å². The van der Waals surface area contributed by atoms with Crippen LogP contribution in [0, 0.1) is 6.92 Å². The summed E-state index contributed by atoms with van der Waals surface area (Å²) < 4.78 is 42.6. The van der Waals surface area contributed by atoms with Crippen molar-refractivity contribution in [3.8, 4) is 5.75 Å². The molecule has 9 heteroatoms. The van der Waals surface area contributed by atoms with Crippen LogP contribution < -0.4 is 15.4 Å². The Morgan fingerprint density at radius 3 is 2.50 bits per heavy atom. The Balaban J connectivity index is 0.00000625. The third kappa shape index (κ3) is 10.7. The molecule has 26 heavy (non-hydrogen) atoms. The van der Waals surface area contributed by atoms with Crippen LogP contribution in [0.1, 0.15) is 12.5 Å². The van der Waals surface area contributed by atoms with Crippen molar-refractivity contribution in [3.63, 3.8) is 0 Å². The van der Waals surface area contributed by atoms with Gasteiger partial charge in [-0.1, -0.05) is 18.2 Å². The highest BCUT2D eigenvalue weighted by molar-refractivity contribution is 14.0. The molecule has 2 N–H and O–H groups in total. The lowest BCUT2D eigenvalue weighted by molar-refractivity contribution is -0.142. The van der Waals surface area contributed by atoms with E-state index in [1.54, 1.807) is 7.05 Å². The van der Waals surface area contributed by atoms with Crippen LogP contribution in [0.15, 0.2) is 29.3 Å². The number of alkyl halides is 3. The van der Waals surface area contributed by atoms with Crippen LogP contribution in [-0.4, -0.2) is 63.4 Å². The summed E-state index contributed by atoms with van der Waals surface area (Å²) in [5, 5.41) is 6.10. The molecular formula is C17H28F3IN4O. The van der Waals surface area contributed by atoms with Crippen molar-refractivity contribution in [3.05, 3.63) is 29.8 Å². The lowest BCUT2D eigenvalue weighted by Crippen LogP contribution is -2.44. The lowest BCUT2D eigenvalue weighted by atomic mass is 10.2. The number of hydrogen-bond donors (Lipinski definition) is 2. The first-order valence-electron chi connectivity index (χ1n) is 8.13. The van der Waals surface area contributed by atoms with Crippen molar-refractivity contribution in [1.82, 2.24) is 15.5 Å². The number of aliphatic imine (C=N–C) groups is 1. The Bertz CT molecular complexity index is 555. The summed E-state index contributed by atoms with van der Waals surface area (Å²) in [5.41, 5.74) is 1.06. The van der Waals surface area contributed by atoms with Gasteiger partial charge in [0.15, 0.2) is 5.96 Å². The third-order valence-electron chi connectivity index (χ3n) is 3.44. The molecular weight excluding hydrogens is 460 g/mol. The normalized spacial score (nSPS) is 13.2. The van der Waals surface area contributed by atoms with Crippen molar-refractivity contribution >= 4 is 29.9 Å². The van der Waals surface area contributed by atoms with Crippen molar-refractivity contribution in [2.45, 2.75) is 26.1 Å². The van der Waals surface area contributed by atoms with Crippen molar-refractivity contribution < 1.29 is 17.9 Å². The van der Waals surface area contributed by atoms with E-state index in [0.29, 0.717) is 19.0 Å². The van der Waals surface area contributed by atoms with E-state index in [9.17, 15) is 13.2 Å². The SMILES string of the molecule is CN=C(NCCN(C)CC(F)(F)F)NCC(C)Oc1ccccc1C.I. The van der Waals surface area contributed by atoms with Crippen LogP contribution in [0.2, 0.25) is 0 Å². The molecule has 0 aliphatic carbocycles. The molecule has 1 rings (SSSR count). The van der Waals surface area contributed by atoms with Crippen molar-refractivity contribution in [2.24, 2.45) is 4.99 Å². The number of ether oxygens (including phenoxy) is 1. The van der Waals surface area contributed by atoms with E-state index in [0.717, 1.165) is 11.3 Å². The minimum absolute atomic E-state index is 0. The van der Waals surface area contributed by atoms with Gasteiger partial charge >= 0.3 is 6.18 Å². The van der Waals surface area contributed by atoms with Crippen LogP contribution in [0.25, 0.3) is 0 Å². The maximum atomic E-state index is 12.3. The molecule has 0 bridgehead atoms. The molecule has 0 saturated heterocycles. The minimum Gasteiger partial charge on any atom is -0.489 e. The summed E-state index contributed by atoms with van der Waals surface area (Å²) in [4.78, 5) is 5.27. The Morgan fingerprint density at radius 2 is 1.92 bits per heavy atom. The number of nitrogens with zero attached hydrogens (tertiary/aromatic N) is 2. The molecule has 0 aliphatic heterocycles. The largest absolute Gasteiger partial charge is 0.489 e. The molecule has 0 aliphatic rings. The van der Waals surface area contributed by atoms with E-state index >= 15 is 0 Å². The number of para-hydroxylation sites is 1. The molecule has 0 amide bonds. The van der Waals surface area contributed by atoms with Gasteiger partial charge in [-0.15, -0.1) is 24.0 Å². The van der Waals surface area contributed by atoms with Gasteiger partial charge in [0.1, 0.15) is 11.9 Å². The van der Waals surface area contributed by atoms with Crippen LogP contribution in [0.5, 0.6) is 5.75 Å². The summed E-state index contributed by atoms with van der Waals surface area (Å²) in [7, 11) is 3.05. The highest BCUT2D eigenvalue weighted by Crippen LogP contribution is 2.17. The zero-order valence-corrected chi connectivity index (χ0v) is 17.9. The fourth-order valence-electron chi connectivity index (χ4n) is 2.16. The predicted octanol–water partition coefficient (Wildman–Crippen LogP) is 3.04. The first-order chi connectivity index (χ1) is 11.7. The van der Waals surface area contributed by atoms with Gasteiger partial charge in [-0.05, 0) is 32.5 Å². The van der Waals surface area contributed by atoms with E-state index < -0.39 is 12.7 Å². The number of rotatable bonds is 8. The molecule has 0 heterocycles. The monoisotopic (exact) mass is 488 g/mol. The molecule has 0 radical (unpaired) electrons. The van der Waals surface area contributed by atoms with E-state index in [4.69, 9.17) is 4.74 Å². The number of nitrogens with one attached hydrogen (secondary N) is 2. The maximum Gasteiger partial charge on any atom is 0.401 e. The fraction of sp³-hybridized carbons (Fsp3) is 0.588. The Labute approximate surface area is 170 Å². The standard InChI is InChI=1S/C17H27F3N4O.HI/c1-13-7-5-6-8-15(13)25-14(2)11-23-16(21-3)22-9-10-24(4)12-17(18,19)20;/h5-8,14H,9-12H2,1-4H3,(H2,21,22,23);1H. The van der Waals surface area contributed by atoms with E-state index in [2.05, 4.69) is 15.6 Å². The zero-order chi connectivity index (χ0) is 18.9. The Hall–Kier alpha value is -1.23. The molecule has 150 valence electrons. The Morgan fingerprint density at radius 1 is 1.27 bits per heavy atom. The predicted molar refractivity (Wildman–Crippen MR) is 110 cm³/mol. The summed E-state index contributed by atoms with van der Waals surface area (Å²) in [6, 6.07) is 7.76. The quantitative estimate of drug-likeness (QED) is 0.336. The summed E-state index contributed by atoms with van der Waals surface area (Å²) in [6.45, 7) is 4.13. The topological polar surface area (TPSA) is 48.9 Å². The van der Waals surface area contributed by atoms with Gasteiger partial charge in [0.2, 0.25) is 0 Å². The Kier molecular flexibility index (Phi) is 11.6. The summed E-state index contributed by atoms with van der Waals surface area (Å²) in [5.74, 6) is 1.36. The fourth-order valence-corrected chi connectivity index (χ4v) is 2.16. The number of benzene rings is 1. The first kappa shape index (κ1) is 24.8. The van der Waals surface area contributed by atoms with E-state index in [1.807, 2.05) is 38.1 Å². The van der Waals surface area contributed by atoms with E-state index in [1.165, 1.54) is 11.9 Å². The number of hydrogen-bond acceptors (Lipinski definition) is 3. The number of aryl methyl sites for hydroxylation is 1. The molecule has 0 spiro atoms. The molecule has 0 aromatic heterocycles. The molecule has 1 atom stereocenters. The first-order valence-corrected chi connectivity index (χ1v) is 8.13. The van der Waals surface area contributed by atoms with Gasteiger partial charge in [-0.2, -0.15) is 13.2 Å². The van der Waals surface area contributed by atoms with Crippen LogP contribution in [0.4, 0.5) is 13.2 Å². The second kappa shape index (κ2) is 12.2. The molecule has 0 saturated carbocycles. The van der Waals surface area contributed by atoms with Gasteiger partial charge in [-0.3, -0.25) is 9.89 Å². The molecule has 0 fully saturated rings. The second-order valence-electron chi connectivity index (χ2n) is 5.93. The van der Waals surface area contributed by atoms with Gasteiger partial charge in [-0.25, -0.2) is 0 Å². The molecule has 1 unspecified atom stereocenters. The highest BCUT2D eigenvalue weighted by Gasteiger charge is 2.28. The van der Waals surface area contributed by atoms with E-state index in [-0.39, 0.29) is 36.6 Å². The molecule has 1 aromatic carbocycles. The third-order valence-corrected chi connectivity index (χ3v) is 3.44. The minimum atomic E-state index is -4.18. The van der Waals surface area contributed by atoms with Crippen molar-refractivity contribution in [1.29, 1.82) is 0 Å². The maximum absolute atomic E-state index is 12.3. The molecule has 1 aromatic rings. The van der Waals surface area contributed by atoms with Gasteiger partial charge in [0.25, 0.3) is 0 Å². The average molecular weight is 488 g/mol. The summed E-state index contributed by atoms with van der Waals surface area (Å²) >= 11 is 0. The second-order valence-corrected chi connectivity index (χ2v) is 5.93. The number of guanidine groups is 1. The summed E-state index contributed by atoms with van der Waals surface area (Å²) in [6.07, 6.45) is -4.27. The van der Waals surface area contributed by atoms with Crippen molar-refractivity contribution in [2.75, 3.05) is 40.3 Å². The number of likely N-dealkylation sites (N-methyl/N-ethyl adjacent to an activating group) is 1. The smallest absolute Gasteiger partial charge is 0.401 e. The van der Waals surface area contributed by atoms with Crippen LogP contribution in [0.3, 0.4) is 0 Å². The van der Waals surface area contributed by atoms with Gasteiger partial charge in [0, 0.05) is 20.1 Å². The molecule has 5 nitrogen and oxygen atoms in total. The highest BCUT2D eigenvalue weighted by atomic mass is 127. The average Bonchev–Trinajstić information content (AvgIpc) is 2.51. The van der Waals surface area contributed by atoms with Crippen LogP contribution in [-0.2, 0) is 0 Å². The lowest BCUT2D eigenvalue weighted by Gasteiger charge is -2.21.